The van der Waals surface area contributed by atoms with Crippen LogP contribution in [0.2, 0.25) is 0 Å². The molecule has 94 valence electrons. The van der Waals surface area contributed by atoms with Crippen molar-refractivity contribution in [3.8, 4) is 0 Å². The molecule has 2 aromatic rings. The van der Waals surface area contributed by atoms with Gasteiger partial charge in [0.2, 0.25) is 0 Å². The highest BCUT2D eigenvalue weighted by atomic mass is 16.1. The molecular formula is C16H19NO. The van der Waals surface area contributed by atoms with Crippen LogP contribution in [-0.2, 0) is 4.79 Å². The van der Waals surface area contributed by atoms with Crippen molar-refractivity contribution in [3.63, 3.8) is 0 Å². The normalized spacial score (nSPS) is 10.6. The van der Waals surface area contributed by atoms with Gasteiger partial charge in [-0.2, -0.15) is 0 Å². The van der Waals surface area contributed by atoms with Crippen molar-refractivity contribution in [3.05, 3.63) is 42.5 Å². The number of hydrogen-bond donors (Lipinski definition) is 0. The first-order valence-electron chi connectivity index (χ1n) is 6.37. The molecule has 0 aliphatic heterocycles. The van der Waals surface area contributed by atoms with Gasteiger partial charge in [0, 0.05) is 31.1 Å². The standard InChI is InChI=1S/C16H19NO/c1-13(18)7-6-12-17(2)16-11-5-9-14-8-3-4-10-15(14)16/h3-5,8-11H,6-7,12H2,1-2H3. The second kappa shape index (κ2) is 5.67. The van der Waals surface area contributed by atoms with Gasteiger partial charge in [-0.05, 0) is 24.8 Å². The summed E-state index contributed by atoms with van der Waals surface area (Å²) in [5, 5.41) is 2.53. The molecule has 0 bridgehead atoms. The molecule has 2 aromatic carbocycles. The zero-order valence-electron chi connectivity index (χ0n) is 11.0. The molecule has 0 N–H and O–H groups in total. The molecule has 2 rings (SSSR count). The number of carbonyl (C=O) groups is 1. The fourth-order valence-electron chi connectivity index (χ4n) is 2.23. The zero-order valence-corrected chi connectivity index (χ0v) is 11.0. The Morgan fingerprint density at radius 3 is 2.61 bits per heavy atom. The predicted molar refractivity (Wildman–Crippen MR) is 77.1 cm³/mol. The molecule has 0 aliphatic carbocycles. The lowest BCUT2D eigenvalue weighted by atomic mass is 10.1. The van der Waals surface area contributed by atoms with Crippen LogP contribution < -0.4 is 4.90 Å². The lowest BCUT2D eigenvalue weighted by Crippen LogP contribution is -2.19. The van der Waals surface area contributed by atoms with Crippen LogP contribution in [0.4, 0.5) is 5.69 Å². The molecule has 0 spiro atoms. The van der Waals surface area contributed by atoms with Crippen molar-refractivity contribution >= 4 is 22.2 Å². The van der Waals surface area contributed by atoms with Crippen molar-refractivity contribution < 1.29 is 4.79 Å². The minimum absolute atomic E-state index is 0.265. The largest absolute Gasteiger partial charge is 0.374 e. The van der Waals surface area contributed by atoms with E-state index in [2.05, 4.69) is 54.4 Å². The summed E-state index contributed by atoms with van der Waals surface area (Å²) in [6.45, 7) is 2.56. The lowest BCUT2D eigenvalue weighted by Gasteiger charge is -2.21. The summed E-state index contributed by atoms with van der Waals surface area (Å²) in [4.78, 5) is 13.2. The number of Topliss-reactive ketones (excluding diaryl/α,β-unsaturated/α-hetero) is 1. The number of anilines is 1. The van der Waals surface area contributed by atoms with E-state index in [4.69, 9.17) is 0 Å². The van der Waals surface area contributed by atoms with Crippen LogP contribution in [-0.4, -0.2) is 19.4 Å². The smallest absolute Gasteiger partial charge is 0.129 e. The third-order valence-corrected chi connectivity index (χ3v) is 3.20. The van der Waals surface area contributed by atoms with Crippen LogP contribution in [0.5, 0.6) is 0 Å². The van der Waals surface area contributed by atoms with Gasteiger partial charge in [-0.3, -0.25) is 0 Å². The highest BCUT2D eigenvalue weighted by molar-refractivity contribution is 5.94. The molecule has 0 amide bonds. The Morgan fingerprint density at radius 1 is 1.11 bits per heavy atom. The molecule has 18 heavy (non-hydrogen) atoms. The first kappa shape index (κ1) is 12.6. The quantitative estimate of drug-likeness (QED) is 0.796. The van der Waals surface area contributed by atoms with Crippen molar-refractivity contribution in [1.29, 1.82) is 0 Å². The van der Waals surface area contributed by atoms with E-state index in [0.29, 0.717) is 6.42 Å². The summed E-state index contributed by atoms with van der Waals surface area (Å²) in [6.07, 6.45) is 1.57. The van der Waals surface area contributed by atoms with Gasteiger partial charge in [0.25, 0.3) is 0 Å². The second-order valence-electron chi connectivity index (χ2n) is 4.73. The number of rotatable bonds is 5. The summed E-state index contributed by atoms with van der Waals surface area (Å²) in [5.41, 5.74) is 1.23. The Balaban J connectivity index is 2.17. The summed E-state index contributed by atoms with van der Waals surface area (Å²) in [6, 6.07) is 14.7. The Labute approximate surface area is 108 Å². The van der Waals surface area contributed by atoms with E-state index in [1.165, 1.54) is 16.5 Å². The van der Waals surface area contributed by atoms with Gasteiger partial charge < -0.3 is 9.69 Å². The second-order valence-corrected chi connectivity index (χ2v) is 4.73. The molecule has 0 fully saturated rings. The predicted octanol–water partition coefficient (Wildman–Crippen LogP) is 3.65. The van der Waals surface area contributed by atoms with Gasteiger partial charge in [-0.1, -0.05) is 36.4 Å². The molecule has 0 radical (unpaired) electrons. The number of fused-ring (bicyclic) bond motifs is 1. The van der Waals surface area contributed by atoms with Gasteiger partial charge in [-0.25, -0.2) is 0 Å². The fourth-order valence-corrected chi connectivity index (χ4v) is 2.23. The molecular weight excluding hydrogens is 222 g/mol. The maximum atomic E-state index is 11.0. The van der Waals surface area contributed by atoms with Crippen LogP contribution in [0.3, 0.4) is 0 Å². The lowest BCUT2D eigenvalue weighted by molar-refractivity contribution is -0.117. The van der Waals surface area contributed by atoms with Crippen LogP contribution in [0, 0.1) is 0 Å². The van der Waals surface area contributed by atoms with Crippen molar-refractivity contribution in [2.24, 2.45) is 0 Å². The van der Waals surface area contributed by atoms with Crippen LogP contribution in [0.25, 0.3) is 10.8 Å². The monoisotopic (exact) mass is 241 g/mol. The third-order valence-electron chi connectivity index (χ3n) is 3.20. The van der Waals surface area contributed by atoms with Gasteiger partial charge in [-0.15, -0.1) is 0 Å². The molecule has 0 aromatic heterocycles. The maximum absolute atomic E-state index is 11.0. The van der Waals surface area contributed by atoms with Gasteiger partial charge >= 0.3 is 0 Å². The number of hydrogen-bond acceptors (Lipinski definition) is 2. The Morgan fingerprint density at radius 2 is 1.83 bits per heavy atom. The third kappa shape index (κ3) is 2.89. The van der Waals surface area contributed by atoms with Gasteiger partial charge in [0.05, 0.1) is 0 Å². The molecule has 0 aliphatic rings. The van der Waals surface area contributed by atoms with E-state index in [0.717, 1.165) is 13.0 Å². The van der Waals surface area contributed by atoms with Crippen molar-refractivity contribution in [2.75, 3.05) is 18.5 Å². The molecule has 2 heteroatoms. The van der Waals surface area contributed by atoms with Gasteiger partial charge in [0.15, 0.2) is 0 Å². The van der Waals surface area contributed by atoms with E-state index in [9.17, 15) is 4.79 Å². The fraction of sp³-hybridized carbons (Fsp3) is 0.312. The Kier molecular flexibility index (Phi) is 3.98. The average Bonchev–Trinajstić information content (AvgIpc) is 2.37. The summed E-state index contributed by atoms with van der Waals surface area (Å²) in [7, 11) is 2.09. The first-order valence-corrected chi connectivity index (χ1v) is 6.37. The summed E-state index contributed by atoms with van der Waals surface area (Å²) < 4.78 is 0. The molecule has 0 atom stereocenters. The molecule has 0 saturated carbocycles. The molecule has 2 nitrogen and oxygen atoms in total. The number of benzene rings is 2. The highest BCUT2D eigenvalue weighted by Crippen LogP contribution is 2.25. The van der Waals surface area contributed by atoms with E-state index in [1.54, 1.807) is 6.92 Å². The topological polar surface area (TPSA) is 20.3 Å². The number of ketones is 1. The van der Waals surface area contributed by atoms with E-state index >= 15 is 0 Å². The Hall–Kier alpha value is -1.83. The van der Waals surface area contributed by atoms with Crippen LogP contribution >= 0.6 is 0 Å². The van der Waals surface area contributed by atoms with Crippen molar-refractivity contribution in [1.82, 2.24) is 0 Å². The van der Waals surface area contributed by atoms with E-state index < -0.39 is 0 Å². The highest BCUT2D eigenvalue weighted by Gasteiger charge is 2.05. The zero-order chi connectivity index (χ0) is 13.0. The van der Waals surface area contributed by atoms with Gasteiger partial charge in [0.1, 0.15) is 5.78 Å². The molecule has 0 saturated heterocycles. The minimum atomic E-state index is 0.265. The summed E-state index contributed by atoms with van der Waals surface area (Å²) >= 11 is 0. The maximum Gasteiger partial charge on any atom is 0.129 e. The number of nitrogens with zero attached hydrogens (tertiary/aromatic N) is 1. The minimum Gasteiger partial charge on any atom is -0.374 e. The first-order chi connectivity index (χ1) is 8.68. The van der Waals surface area contributed by atoms with E-state index in [1.807, 2.05) is 0 Å². The average molecular weight is 241 g/mol. The number of carbonyl (C=O) groups excluding carboxylic acids is 1. The molecule has 0 unspecified atom stereocenters. The summed E-state index contributed by atoms with van der Waals surface area (Å²) in [5.74, 6) is 0.265. The van der Waals surface area contributed by atoms with Crippen LogP contribution in [0.1, 0.15) is 19.8 Å². The van der Waals surface area contributed by atoms with Crippen LogP contribution in [0.15, 0.2) is 42.5 Å². The molecule has 0 heterocycles. The Bertz CT molecular complexity index is 542. The van der Waals surface area contributed by atoms with Crippen molar-refractivity contribution in [2.45, 2.75) is 19.8 Å². The SMILES string of the molecule is CC(=O)CCCN(C)c1cccc2ccccc12. The van der Waals surface area contributed by atoms with E-state index in [-0.39, 0.29) is 5.78 Å².